The second-order valence-corrected chi connectivity index (χ2v) is 5.62. The third-order valence-corrected chi connectivity index (χ3v) is 4.05. The molecule has 0 saturated carbocycles. The normalized spacial score (nSPS) is 24.2. The van der Waals surface area contributed by atoms with Gasteiger partial charge in [0.15, 0.2) is 0 Å². The van der Waals surface area contributed by atoms with E-state index in [2.05, 4.69) is 5.32 Å². The highest BCUT2D eigenvalue weighted by Crippen LogP contribution is 2.29. The van der Waals surface area contributed by atoms with Gasteiger partial charge in [-0.25, -0.2) is 0 Å². The second-order valence-electron chi connectivity index (χ2n) is 5.62. The first-order valence-electron chi connectivity index (χ1n) is 6.81. The Labute approximate surface area is 112 Å². The van der Waals surface area contributed by atoms with Crippen molar-refractivity contribution in [2.45, 2.75) is 24.9 Å². The van der Waals surface area contributed by atoms with E-state index in [1.54, 1.807) is 0 Å². The summed E-state index contributed by atoms with van der Waals surface area (Å²) < 4.78 is 5.20. The lowest BCUT2D eigenvalue weighted by Crippen LogP contribution is -2.45. The minimum Gasteiger partial charge on any atom is -0.387 e. The molecule has 0 unspecified atom stereocenters. The SMILES string of the molecule is O=C(NCC1(O)Cc2ccccc2C1)[C@@H]1CCOC1. The van der Waals surface area contributed by atoms with Crippen LogP contribution in [0.25, 0.3) is 0 Å². The summed E-state index contributed by atoms with van der Waals surface area (Å²) in [5.41, 5.74) is 1.53. The number of fused-ring (bicyclic) bond motifs is 1. The Morgan fingerprint density at radius 2 is 2.05 bits per heavy atom. The Morgan fingerprint density at radius 3 is 2.63 bits per heavy atom. The summed E-state index contributed by atoms with van der Waals surface area (Å²) in [6.45, 7) is 1.48. The van der Waals surface area contributed by atoms with E-state index >= 15 is 0 Å². The number of amides is 1. The van der Waals surface area contributed by atoms with E-state index in [4.69, 9.17) is 4.74 Å². The zero-order valence-electron chi connectivity index (χ0n) is 10.9. The molecule has 1 aromatic rings. The van der Waals surface area contributed by atoms with Crippen LogP contribution in [0.4, 0.5) is 0 Å². The summed E-state index contributed by atoms with van der Waals surface area (Å²) >= 11 is 0. The van der Waals surface area contributed by atoms with Gasteiger partial charge in [0.2, 0.25) is 5.91 Å². The maximum Gasteiger partial charge on any atom is 0.225 e. The van der Waals surface area contributed by atoms with Gasteiger partial charge >= 0.3 is 0 Å². The highest BCUT2D eigenvalue weighted by Gasteiger charge is 2.36. The van der Waals surface area contributed by atoms with Crippen molar-refractivity contribution in [3.05, 3.63) is 35.4 Å². The molecule has 1 aliphatic heterocycles. The van der Waals surface area contributed by atoms with Crippen LogP contribution >= 0.6 is 0 Å². The molecular formula is C15H19NO3. The van der Waals surface area contributed by atoms with Crippen LogP contribution in [-0.2, 0) is 22.4 Å². The van der Waals surface area contributed by atoms with E-state index in [-0.39, 0.29) is 11.8 Å². The number of hydrogen-bond acceptors (Lipinski definition) is 3. The number of carbonyl (C=O) groups is 1. The molecule has 4 heteroatoms. The number of benzene rings is 1. The molecule has 1 atom stereocenters. The number of hydrogen-bond donors (Lipinski definition) is 2. The Morgan fingerprint density at radius 1 is 1.37 bits per heavy atom. The molecule has 1 aliphatic carbocycles. The first-order valence-corrected chi connectivity index (χ1v) is 6.81. The van der Waals surface area contributed by atoms with Crippen molar-refractivity contribution in [2.24, 2.45) is 5.92 Å². The lowest BCUT2D eigenvalue weighted by molar-refractivity contribution is -0.126. The summed E-state index contributed by atoms with van der Waals surface area (Å²) in [5.74, 6) is -0.0470. The average Bonchev–Trinajstić information content (AvgIpc) is 3.02. The number of carbonyl (C=O) groups excluding carboxylic acids is 1. The number of rotatable bonds is 3. The molecule has 0 spiro atoms. The van der Waals surface area contributed by atoms with Gasteiger partial charge in [-0.3, -0.25) is 4.79 Å². The van der Waals surface area contributed by atoms with E-state index in [1.807, 2.05) is 24.3 Å². The van der Waals surface area contributed by atoms with Gasteiger partial charge in [-0.2, -0.15) is 0 Å². The lowest BCUT2D eigenvalue weighted by atomic mass is 10.00. The van der Waals surface area contributed by atoms with Crippen molar-refractivity contribution < 1.29 is 14.6 Å². The predicted octanol–water partition coefficient (Wildman–Crippen LogP) is 0.669. The van der Waals surface area contributed by atoms with Crippen LogP contribution in [0.1, 0.15) is 17.5 Å². The molecular weight excluding hydrogens is 242 g/mol. The Balaban J connectivity index is 1.57. The van der Waals surface area contributed by atoms with E-state index < -0.39 is 5.60 Å². The smallest absolute Gasteiger partial charge is 0.225 e. The molecule has 2 aliphatic rings. The van der Waals surface area contributed by atoms with Crippen molar-refractivity contribution in [2.75, 3.05) is 19.8 Å². The van der Waals surface area contributed by atoms with Gasteiger partial charge in [-0.15, -0.1) is 0 Å². The molecule has 102 valence electrons. The highest BCUT2D eigenvalue weighted by atomic mass is 16.5. The zero-order chi connectivity index (χ0) is 13.3. The average molecular weight is 261 g/mol. The molecule has 3 rings (SSSR count). The topological polar surface area (TPSA) is 58.6 Å². The summed E-state index contributed by atoms with van der Waals surface area (Å²) in [7, 11) is 0. The molecule has 0 bridgehead atoms. The van der Waals surface area contributed by atoms with Crippen molar-refractivity contribution in [3.63, 3.8) is 0 Å². The Bertz CT molecular complexity index is 455. The van der Waals surface area contributed by atoms with Crippen LogP contribution in [0.15, 0.2) is 24.3 Å². The summed E-state index contributed by atoms with van der Waals surface area (Å²) in [6, 6.07) is 8.05. The Hall–Kier alpha value is -1.39. The highest BCUT2D eigenvalue weighted by molar-refractivity contribution is 5.79. The van der Waals surface area contributed by atoms with E-state index in [0.717, 1.165) is 6.42 Å². The molecule has 2 N–H and O–H groups in total. The summed E-state index contributed by atoms with van der Waals surface area (Å²) in [4.78, 5) is 11.9. The van der Waals surface area contributed by atoms with Crippen LogP contribution in [0.3, 0.4) is 0 Å². The second kappa shape index (κ2) is 4.94. The third kappa shape index (κ3) is 2.65. The fourth-order valence-corrected chi connectivity index (χ4v) is 2.94. The van der Waals surface area contributed by atoms with Gasteiger partial charge in [0, 0.05) is 26.0 Å². The molecule has 0 radical (unpaired) electrons. The zero-order valence-corrected chi connectivity index (χ0v) is 10.9. The number of aliphatic hydroxyl groups is 1. The van der Waals surface area contributed by atoms with Crippen molar-refractivity contribution in [1.82, 2.24) is 5.32 Å². The molecule has 1 amide bonds. The van der Waals surface area contributed by atoms with Crippen LogP contribution in [0, 0.1) is 5.92 Å². The lowest BCUT2D eigenvalue weighted by Gasteiger charge is -2.23. The maximum atomic E-state index is 11.9. The molecule has 1 saturated heterocycles. The van der Waals surface area contributed by atoms with Crippen molar-refractivity contribution >= 4 is 5.91 Å². The van der Waals surface area contributed by atoms with Crippen LogP contribution in [-0.4, -0.2) is 36.4 Å². The maximum absolute atomic E-state index is 11.9. The largest absolute Gasteiger partial charge is 0.387 e. The van der Waals surface area contributed by atoms with Gasteiger partial charge in [-0.05, 0) is 17.5 Å². The van der Waals surface area contributed by atoms with Crippen molar-refractivity contribution in [3.8, 4) is 0 Å². The minimum atomic E-state index is -0.835. The van der Waals surface area contributed by atoms with E-state index in [0.29, 0.717) is 32.6 Å². The van der Waals surface area contributed by atoms with Crippen LogP contribution in [0.2, 0.25) is 0 Å². The standard InChI is InChI=1S/C15H19NO3/c17-14(13-5-6-19-9-13)16-10-15(18)7-11-3-1-2-4-12(11)8-15/h1-4,13,18H,5-10H2,(H,16,17)/t13-/m1/s1. The quantitative estimate of drug-likeness (QED) is 0.841. The molecule has 1 fully saturated rings. The van der Waals surface area contributed by atoms with E-state index in [9.17, 15) is 9.90 Å². The minimum absolute atomic E-state index is 0.00174. The molecule has 1 aromatic carbocycles. The predicted molar refractivity (Wildman–Crippen MR) is 70.7 cm³/mol. The van der Waals surface area contributed by atoms with Gasteiger partial charge in [0.25, 0.3) is 0 Å². The fourth-order valence-electron chi connectivity index (χ4n) is 2.94. The van der Waals surface area contributed by atoms with Crippen molar-refractivity contribution in [1.29, 1.82) is 0 Å². The number of ether oxygens (including phenoxy) is 1. The first kappa shape index (κ1) is 12.6. The monoisotopic (exact) mass is 261 g/mol. The van der Waals surface area contributed by atoms with Gasteiger partial charge in [-0.1, -0.05) is 24.3 Å². The molecule has 0 aromatic heterocycles. The molecule has 1 heterocycles. The number of nitrogens with one attached hydrogen (secondary N) is 1. The fraction of sp³-hybridized carbons (Fsp3) is 0.533. The molecule has 4 nitrogen and oxygen atoms in total. The molecule has 19 heavy (non-hydrogen) atoms. The summed E-state index contributed by atoms with van der Waals surface area (Å²) in [6.07, 6.45) is 2.01. The summed E-state index contributed by atoms with van der Waals surface area (Å²) in [5, 5.41) is 13.4. The van der Waals surface area contributed by atoms with Gasteiger partial charge in [0.1, 0.15) is 0 Å². The van der Waals surface area contributed by atoms with Crippen LogP contribution in [0.5, 0.6) is 0 Å². The van der Waals surface area contributed by atoms with Gasteiger partial charge < -0.3 is 15.2 Å². The first-order chi connectivity index (χ1) is 9.16. The van der Waals surface area contributed by atoms with E-state index in [1.165, 1.54) is 11.1 Å². The Kier molecular flexibility index (Phi) is 3.29. The third-order valence-electron chi connectivity index (χ3n) is 4.05. The van der Waals surface area contributed by atoms with Gasteiger partial charge in [0.05, 0.1) is 18.1 Å². The van der Waals surface area contributed by atoms with Crippen LogP contribution < -0.4 is 5.32 Å².